The largest absolute Gasteiger partial charge is 0.366 e. The Morgan fingerprint density at radius 3 is 2.56 bits per heavy atom. The van der Waals surface area contributed by atoms with Crippen LogP contribution in [0, 0.1) is 0 Å². The van der Waals surface area contributed by atoms with Crippen molar-refractivity contribution in [2.75, 3.05) is 19.4 Å². The predicted octanol–water partition coefficient (Wildman–Crippen LogP) is 1.86. The number of rotatable bonds is 7. The number of primary amides is 1. The minimum Gasteiger partial charge on any atom is -0.366 e. The molecule has 2 saturated heterocycles. The third kappa shape index (κ3) is 4.59. The van der Waals surface area contributed by atoms with Gasteiger partial charge in [0.25, 0.3) is 10.1 Å². The van der Waals surface area contributed by atoms with Crippen LogP contribution in [0.25, 0.3) is 0 Å². The van der Waals surface area contributed by atoms with E-state index in [0.29, 0.717) is 23.6 Å². The van der Waals surface area contributed by atoms with Gasteiger partial charge >= 0.3 is 0 Å². The molecule has 2 unspecified atom stereocenters. The van der Waals surface area contributed by atoms with Gasteiger partial charge in [-0.1, -0.05) is 12.1 Å². The number of benzene rings is 1. The Morgan fingerprint density at radius 1 is 1.28 bits per heavy atom. The van der Waals surface area contributed by atoms with Crippen LogP contribution < -0.4 is 5.73 Å². The Labute approximate surface area is 149 Å². The number of carbonyl (C=O) groups excluding carboxylic acids is 1. The van der Waals surface area contributed by atoms with Crippen LogP contribution in [0.5, 0.6) is 0 Å². The number of amides is 1. The maximum Gasteiger partial charge on any atom is 0.264 e. The molecule has 25 heavy (non-hydrogen) atoms. The Balaban J connectivity index is 1.58. The lowest BCUT2D eigenvalue weighted by Crippen LogP contribution is -2.43. The second kappa shape index (κ2) is 7.43. The highest BCUT2D eigenvalue weighted by Gasteiger charge is 2.40. The van der Waals surface area contributed by atoms with Gasteiger partial charge in [0.1, 0.15) is 0 Å². The van der Waals surface area contributed by atoms with Gasteiger partial charge < -0.3 is 5.73 Å². The van der Waals surface area contributed by atoms with Crippen molar-refractivity contribution in [1.82, 2.24) is 4.90 Å². The summed E-state index contributed by atoms with van der Waals surface area (Å²) in [6.07, 6.45) is 6.33. The van der Waals surface area contributed by atoms with Crippen LogP contribution in [0.4, 0.5) is 0 Å². The van der Waals surface area contributed by atoms with E-state index in [0.717, 1.165) is 32.1 Å². The average Bonchev–Trinajstić information content (AvgIpc) is 2.78. The van der Waals surface area contributed by atoms with Crippen LogP contribution in [-0.2, 0) is 14.3 Å². The number of piperidine rings is 1. The van der Waals surface area contributed by atoms with E-state index < -0.39 is 10.1 Å². The highest BCUT2D eigenvalue weighted by Crippen LogP contribution is 2.43. The van der Waals surface area contributed by atoms with E-state index in [1.54, 1.807) is 6.07 Å². The summed E-state index contributed by atoms with van der Waals surface area (Å²) >= 11 is 0. The predicted molar refractivity (Wildman–Crippen MR) is 95.9 cm³/mol. The first-order valence-electron chi connectivity index (χ1n) is 8.83. The second-order valence-electron chi connectivity index (χ2n) is 7.16. The number of fused-ring (bicyclic) bond motifs is 2. The van der Waals surface area contributed by atoms with E-state index in [1.165, 1.54) is 18.4 Å². The molecule has 0 aliphatic carbocycles. The zero-order valence-electron chi connectivity index (χ0n) is 14.6. The summed E-state index contributed by atoms with van der Waals surface area (Å²) in [7, 11) is -3.35. The third-order valence-electron chi connectivity index (χ3n) is 5.38. The Bertz CT molecular complexity index is 720. The molecule has 2 bridgehead atoms. The molecule has 2 aliphatic heterocycles. The van der Waals surface area contributed by atoms with E-state index in [9.17, 15) is 13.2 Å². The van der Waals surface area contributed by atoms with Crippen LogP contribution in [0.15, 0.2) is 24.3 Å². The van der Waals surface area contributed by atoms with Crippen molar-refractivity contribution >= 4 is 16.0 Å². The lowest BCUT2D eigenvalue weighted by atomic mass is 9.84. The first kappa shape index (κ1) is 18.4. The lowest BCUT2D eigenvalue weighted by molar-refractivity contribution is 0.1000. The molecule has 2 heterocycles. The molecule has 2 atom stereocenters. The highest BCUT2D eigenvalue weighted by atomic mass is 32.2. The number of nitrogens with two attached hydrogens (primary N) is 1. The Hall–Kier alpha value is -1.44. The van der Waals surface area contributed by atoms with Gasteiger partial charge in [-0.15, -0.1) is 0 Å². The summed E-state index contributed by atoms with van der Waals surface area (Å²) in [5.41, 5.74) is 7.17. The maximum absolute atomic E-state index is 11.4. The van der Waals surface area contributed by atoms with Crippen molar-refractivity contribution in [3.8, 4) is 0 Å². The molecule has 2 aliphatic rings. The van der Waals surface area contributed by atoms with Gasteiger partial charge in [0.2, 0.25) is 5.91 Å². The summed E-state index contributed by atoms with van der Waals surface area (Å²) in [6, 6.07) is 8.75. The summed E-state index contributed by atoms with van der Waals surface area (Å²) in [5.74, 6) is 0.0773. The van der Waals surface area contributed by atoms with Crippen molar-refractivity contribution in [2.24, 2.45) is 5.73 Å². The fourth-order valence-electron chi connectivity index (χ4n) is 4.31. The number of hydrogen-bond donors (Lipinski definition) is 1. The topological polar surface area (TPSA) is 89.7 Å². The summed E-state index contributed by atoms with van der Waals surface area (Å²) in [4.78, 5) is 13.9. The van der Waals surface area contributed by atoms with Crippen molar-refractivity contribution < 1.29 is 17.4 Å². The van der Waals surface area contributed by atoms with E-state index in [4.69, 9.17) is 9.92 Å². The second-order valence-corrected chi connectivity index (χ2v) is 8.80. The molecule has 0 radical (unpaired) electrons. The molecule has 0 aromatic heterocycles. The van der Waals surface area contributed by atoms with Gasteiger partial charge in [0.15, 0.2) is 0 Å². The first-order chi connectivity index (χ1) is 11.8. The number of nitrogens with zero attached hydrogens (tertiary/aromatic N) is 1. The Morgan fingerprint density at radius 2 is 1.96 bits per heavy atom. The molecule has 1 aromatic carbocycles. The Kier molecular flexibility index (Phi) is 5.46. The van der Waals surface area contributed by atoms with Gasteiger partial charge in [-0.2, -0.15) is 8.42 Å². The van der Waals surface area contributed by atoms with E-state index >= 15 is 0 Å². The fraction of sp³-hybridized carbons (Fsp3) is 0.611. The SMILES string of the molecule is CS(=O)(=O)OCCCN1C2CCC1CC(c1cccc(C(N)=O)c1)C2. The van der Waals surface area contributed by atoms with Gasteiger partial charge in [-0.3, -0.25) is 13.9 Å². The first-order valence-corrected chi connectivity index (χ1v) is 10.6. The smallest absolute Gasteiger partial charge is 0.264 e. The highest BCUT2D eigenvalue weighted by molar-refractivity contribution is 7.85. The van der Waals surface area contributed by atoms with Crippen molar-refractivity contribution in [3.63, 3.8) is 0 Å². The number of carbonyl (C=O) groups is 1. The molecular weight excluding hydrogens is 340 g/mol. The van der Waals surface area contributed by atoms with Gasteiger partial charge in [-0.25, -0.2) is 0 Å². The van der Waals surface area contributed by atoms with Crippen LogP contribution in [-0.4, -0.2) is 50.7 Å². The van der Waals surface area contributed by atoms with E-state index in [-0.39, 0.29) is 12.5 Å². The molecule has 0 saturated carbocycles. The minimum atomic E-state index is -3.35. The zero-order chi connectivity index (χ0) is 18.0. The fourth-order valence-corrected chi connectivity index (χ4v) is 4.74. The normalized spacial score (nSPS) is 26.7. The van der Waals surface area contributed by atoms with Crippen molar-refractivity contribution in [3.05, 3.63) is 35.4 Å². The minimum absolute atomic E-state index is 0.249. The molecule has 2 N–H and O–H groups in total. The molecule has 2 fully saturated rings. The van der Waals surface area contributed by atoms with Crippen molar-refractivity contribution in [2.45, 2.75) is 50.1 Å². The summed E-state index contributed by atoms with van der Waals surface area (Å²) < 4.78 is 26.9. The summed E-state index contributed by atoms with van der Waals surface area (Å²) in [5, 5.41) is 0. The average molecular weight is 366 g/mol. The summed E-state index contributed by atoms with van der Waals surface area (Å²) in [6.45, 7) is 1.12. The van der Waals surface area contributed by atoms with Crippen LogP contribution in [0.3, 0.4) is 0 Å². The molecule has 1 aromatic rings. The van der Waals surface area contributed by atoms with Crippen LogP contribution in [0.1, 0.15) is 53.9 Å². The monoisotopic (exact) mass is 366 g/mol. The molecule has 138 valence electrons. The van der Waals surface area contributed by atoms with E-state index in [1.807, 2.05) is 12.1 Å². The molecule has 7 heteroatoms. The quantitative estimate of drug-likeness (QED) is 0.588. The van der Waals surface area contributed by atoms with Gasteiger partial charge in [0.05, 0.1) is 12.9 Å². The molecule has 6 nitrogen and oxygen atoms in total. The lowest BCUT2D eigenvalue weighted by Gasteiger charge is -2.39. The van der Waals surface area contributed by atoms with Crippen LogP contribution >= 0.6 is 0 Å². The standard InChI is InChI=1S/C18H26N2O4S/c1-25(22,23)24-9-3-8-20-16-6-7-17(20)12-15(11-16)13-4-2-5-14(10-13)18(19)21/h2,4-5,10,15-17H,3,6-9,11-12H2,1H3,(H2,19,21). The maximum atomic E-state index is 11.4. The molecule has 1 amide bonds. The number of hydrogen-bond acceptors (Lipinski definition) is 5. The van der Waals surface area contributed by atoms with Crippen molar-refractivity contribution in [1.29, 1.82) is 0 Å². The third-order valence-corrected chi connectivity index (χ3v) is 5.98. The van der Waals surface area contributed by atoms with E-state index in [2.05, 4.69) is 11.0 Å². The van der Waals surface area contributed by atoms with Crippen LogP contribution in [0.2, 0.25) is 0 Å². The zero-order valence-corrected chi connectivity index (χ0v) is 15.4. The molecule has 3 rings (SSSR count). The van der Waals surface area contributed by atoms with Gasteiger partial charge in [0, 0.05) is 24.2 Å². The van der Waals surface area contributed by atoms with Gasteiger partial charge in [-0.05, 0) is 55.7 Å². The molecular formula is C18H26N2O4S. The molecule has 0 spiro atoms.